The molecule has 0 saturated heterocycles. The lowest BCUT2D eigenvalue weighted by Gasteiger charge is -2.11. The molecule has 0 aliphatic carbocycles. The Labute approximate surface area is 146 Å². The molecule has 1 amide bonds. The number of amides is 1. The van der Waals surface area contributed by atoms with Crippen LogP contribution in [0.15, 0.2) is 48.7 Å². The second-order valence-electron chi connectivity index (χ2n) is 5.99. The fourth-order valence-electron chi connectivity index (χ4n) is 2.51. The maximum Gasteiger partial charge on any atom is 0.251 e. The highest BCUT2D eigenvalue weighted by molar-refractivity contribution is 6.30. The molecule has 0 aliphatic heterocycles. The van der Waals surface area contributed by atoms with Crippen molar-refractivity contribution in [3.63, 3.8) is 0 Å². The predicted molar refractivity (Wildman–Crippen MR) is 97.5 cm³/mol. The van der Waals surface area contributed by atoms with Crippen LogP contribution >= 0.6 is 11.6 Å². The summed E-state index contributed by atoms with van der Waals surface area (Å²) in [6, 6.07) is 13.5. The molecule has 0 radical (unpaired) electrons. The maximum atomic E-state index is 12.3. The van der Waals surface area contributed by atoms with Crippen LogP contribution in [0.4, 0.5) is 0 Å². The van der Waals surface area contributed by atoms with Crippen LogP contribution in [0.5, 0.6) is 0 Å². The lowest BCUT2D eigenvalue weighted by molar-refractivity contribution is 0.0939. The number of halogens is 1. The third-order valence-electron chi connectivity index (χ3n) is 4.14. The van der Waals surface area contributed by atoms with Crippen LogP contribution in [0.2, 0.25) is 5.02 Å². The van der Waals surface area contributed by atoms with Crippen molar-refractivity contribution in [2.75, 3.05) is 0 Å². The van der Waals surface area contributed by atoms with Crippen LogP contribution in [-0.4, -0.2) is 21.7 Å². The Bertz CT molecular complexity index is 855. The predicted octanol–water partition coefficient (Wildman–Crippen LogP) is 4.27. The largest absolute Gasteiger partial charge is 0.350 e. The summed E-state index contributed by atoms with van der Waals surface area (Å²) in [5.41, 5.74) is 2.71. The molecule has 5 heteroatoms. The van der Waals surface area contributed by atoms with Crippen LogP contribution in [0.1, 0.15) is 36.2 Å². The van der Waals surface area contributed by atoms with Gasteiger partial charge in [-0.25, -0.2) is 0 Å². The van der Waals surface area contributed by atoms with Gasteiger partial charge in [0.1, 0.15) is 0 Å². The van der Waals surface area contributed by atoms with E-state index in [1.807, 2.05) is 60.3 Å². The molecule has 124 valence electrons. The molecule has 1 atom stereocenters. The summed E-state index contributed by atoms with van der Waals surface area (Å²) in [5.74, 6) is -0.0505. The van der Waals surface area contributed by atoms with Gasteiger partial charge in [-0.15, -0.1) is 0 Å². The first-order chi connectivity index (χ1) is 11.6. The van der Waals surface area contributed by atoms with Gasteiger partial charge in [0.2, 0.25) is 0 Å². The molecule has 0 spiro atoms. The minimum Gasteiger partial charge on any atom is -0.350 e. The van der Waals surface area contributed by atoms with Crippen molar-refractivity contribution in [3.05, 3.63) is 64.8 Å². The summed E-state index contributed by atoms with van der Waals surface area (Å²) < 4.78 is 1.90. The highest BCUT2D eigenvalue weighted by Gasteiger charge is 2.11. The van der Waals surface area contributed by atoms with Gasteiger partial charge in [0.15, 0.2) is 0 Å². The molecule has 3 rings (SSSR count). The molecule has 3 aromatic rings. The van der Waals surface area contributed by atoms with Crippen LogP contribution in [-0.2, 0) is 6.54 Å². The molecule has 2 aromatic carbocycles. The lowest BCUT2D eigenvalue weighted by Crippen LogP contribution is -2.31. The van der Waals surface area contributed by atoms with Gasteiger partial charge < -0.3 is 5.32 Å². The molecule has 4 nitrogen and oxygen atoms in total. The molecular weight excluding hydrogens is 322 g/mol. The van der Waals surface area contributed by atoms with Gasteiger partial charge in [0.05, 0.1) is 18.3 Å². The van der Waals surface area contributed by atoms with E-state index in [4.69, 9.17) is 11.6 Å². The molecule has 24 heavy (non-hydrogen) atoms. The Hall–Kier alpha value is -2.33. The van der Waals surface area contributed by atoms with Crippen molar-refractivity contribution in [2.45, 2.75) is 32.9 Å². The summed E-state index contributed by atoms with van der Waals surface area (Å²) in [6.07, 6.45) is 2.73. The average Bonchev–Trinajstić information content (AvgIpc) is 2.99. The second kappa shape index (κ2) is 7.05. The van der Waals surface area contributed by atoms with Gasteiger partial charge in [-0.05, 0) is 43.2 Å². The number of carbonyl (C=O) groups is 1. The molecule has 1 heterocycles. The minimum atomic E-state index is -0.0505. The Morgan fingerprint density at radius 1 is 1.25 bits per heavy atom. The highest BCUT2D eigenvalue weighted by Crippen LogP contribution is 2.18. The van der Waals surface area contributed by atoms with Crippen molar-refractivity contribution in [3.8, 4) is 0 Å². The molecule has 0 bridgehead atoms. The zero-order valence-electron chi connectivity index (χ0n) is 13.8. The molecule has 0 saturated carbocycles. The highest BCUT2D eigenvalue weighted by atomic mass is 35.5. The fourth-order valence-corrected chi connectivity index (χ4v) is 2.64. The zero-order valence-corrected chi connectivity index (χ0v) is 14.5. The van der Waals surface area contributed by atoms with Crippen molar-refractivity contribution >= 4 is 28.4 Å². The lowest BCUT2D eigenvalue weighted by atomic mass is 10.1. The van der Waals surface area contributed by atoms with E-state index < -0.39 is 0 Å². The van der Waals surface area contributed by atoms with Gasteiger partial charge in [-0.1, -0.05) is 36.7 Å². The number of carbonyl (C=O) groups excluding carboxylic acids is 1. The number of aromatic nitrogens is 2. The van der Waals surface area contributed by atoms with Crippen molar-refractivity contribution in [1.29, 1.82) is 0 Å². The van der Waals surface area contributed by atoms with E-state index in [1.54, 1.807) is 0 Å². The SMILES string of the molecule is CC[C@H](C)NC(=O)c1ccc2cnn(Cc3ccc(Cl)cc3)c2c1. The van der Waals surface area contributed by atoms with Crippen LogP contribution in [0, 0.1) is 0 Å². The van der Waals surface area contributed by atoms with E-state index in [-0.39, 0.29) is 11.9 Å². The number of benzene rings is 2. The number of fused-ring (bicyclic) bond motifs is 1. The smallest absolute Gasteiger partial charge is 0.251 e. The van der Waals surface area contributed by atoms with Gasteiger partial charge in [0.25, 0.3) is 5.91 Å². The minimum absolute atomic E-state index is 0.0505. The van der Waals surface area contributed by atoms with Gasteiger partial charge >= 0.3 is 0 Å². The quantitative estimate of drug-likeness (QED) is 0.753. The third-order valence-corrected chi connectivity index (χ3v) is 4.39. The number of nitrogens with one attached hydrogen (secondary N) is 1. The first kappa shape index (κ1) is 16.5. The number of nitrogens with zero attached hydrogens (tertiary/aromatic N) is 2. The van der Waals surface area contributed by atoms with Gasteiger partial charge in [-0.2, -0.15) is 5.10 Å². The molecule has 1 N–H and O–H groups in total. The van der Waals surface area contributed by atoms with E-state index in [1.165, 1.54) is 0 Å². The topological polar surface area (TPSA) is 46.9 Å². The van der Waals surface area contributed by atoms with Gasteiger partial charge in [-0.3, -0.25) is 9.48 Å². The van der Waals surface area contributed by atoms with Crippen molar-refractivity contribution in [1.82, 2.24) is 15.1 Å². The third kappa shape index (κ3) is 3.60. The second-order valence-corrected chi connectivity index (χ2v) is 6.42. The fraction of sp³-hybridized carbons (Fsp3) is 0.263. The average molecular weight is 342 g/mol. The van der Waals surface area contributed by atoms with E-state index in [0.29, 0.717) is 17.1 Å². The number of rotatable bonds is 5. The van der Waals surface area contributed by atoms with Gasteiger partial charge in [0, 0.05) is 22.0 Å². The monoisotopic (exact) mass is 341 g/mol. The molecule has 0 aliphatic rings. The Balaban J connectivity index is 1.88. The van der Waals surface area contributed by atoms with Crippen LogP contribution < -0.4 is 5.32 Å². The van der Waals surface area contributed by atoms with E-state index >= 15 is 0 Å². The maximum absolute atomic E-state index is 12.3. The first-order valence-electron chi connectivity index (χ1n) is 8.07. The normalized spacial score (nSPS) is 12.3. The standard InChI is InChI=1S/C19H20ClN3O/c1-3-13(2)22-19(24)15-6-7-16-11-21-23(18(16)10-15)12-14-4-8-17(20)9-5-14/h4-11,13H,3,12H2,1-2H3,(H,22,24)/t13-/m0/s1. The zero-order chi connectivity index (χ0) is 17.1. The summed E-state index contributed by atoms with van der Waals surface area (Å²) in [7, 11) is 0. The summed E-state index contributed by atoms with van der Waals surface area (Å²) in [4.78, 5) is 12.3. The Morgan fingerprint density at radius 3 is 2.71 bits per heavy atom. The van der Waals surface area contributed by atoms with E-state index in [2.05, 4.69) is 17.3 Å². The van der Waals surface area contributed by atoms with Crippen LogP contribution in [0.25, 0.3) is 10.9 Å². The first-order valence-corrected chi connectivity index (χ1v) is 8.45. The Kier molecular flexibility index (Phi) is 4.86. The van der Waals surface area contributed by atoms with Crippen molar-refractivity contribution in [2.24, 2.45) is 0 Å². The molecule has 1 aromatic heterocycles. The molecular formula is C19H20ClN3O. The number of hydrogen-bond acceptors (Lipinski definition) is 2. The molecule has 0 fully saturated rings. The van der Waals surface area contributed by atoms with Crippen LogP contribution in [0.3, 0.4) is 0 Å². The summed E-state index contributed by atoms with van der Waals surface area (Å²) in [5, 5.41) is 9.17. The Morgan fingerprint density at radius 2 is 2.00 bits per heavy atom. The van der Waals surface area contributed by atoms with E-state index in [9.17, 15) is 4.79 Å². The summed E-state index contributed by atoms with van der Waals surface area (Å²) >= 11 is 5.93. The van der Waals surface area contributed by atoms with Crippen molar-refractivity contribution < 1.29 is 4.79 Å². The summed E-state index contributed by atoms with van der Waals surface area (Å²) in [6.45, 7) is 4.69. The number of hydrogen-bond donors (Lipinski definition) is 1. The van der Waals surface area contributed by atoms with E-state index in [0.717, 1.165) is 22.9 Å². The molecule has 0 unspecified atom stereocenters.